The summed E-state index contributed by atoms with van der Waals surface area (Å²) in [5, 5.41) is 3.16. The van der Waals surface area contributed by atoms with E-state index in [0.717, 1.165) is 21.0 Å². The molecule has 0 aromatic heterocycles. The van der Waals surface area contributed by atoms with Crippen LogP contribution >= 0.6 is 11.6 Å². The van der Waals surface area contributed by atoms with E-state index < -0.39 is 22.5 Å². The first-order valence-electron chi connectivity index (χ1n) is 9.89. The van der Waals surface area contributed by atoms with E-state index in [9.17, 15) is 13.2 Å². The summed E-state index contributed by atoms with van der Waals surface area (Å²) in [4.78, 5) is 13.0. The van der Waals surface area contributed by atoms with E-state index in [1.807, 2.05) is 39.0 Å². The number of halogens is 1. The number of para-hydroxylation sites is 1. The van der Waals surface area contributed by atoms with Crippen molar-refractivity contribution in [2.75, 3.05) is 10.8 Å². The lowest BCUT2D eigenvalue weighted by Gasteiger charge is -2.26. The maximum absolute atomic E-state index is 13.4. The van der Waals surface area contributed by atoms with E-state index in [2.05, 4.69) is 5.32 Å². The van der Waals surface area contributed by atoms with E-state index in [1.165, 1.54) is 12.1 Å². The summed E-state index contributed by atoms with van der Waals surface area (Å²) in [5.74, 6) is -0.424. The molecule has 0 fully saturated rings. The molecule has 7 heteroatoms. The molecule has 31 heavy (non-hydrogen) atoms. The van der Waals surface area contributed by atoms with E-state index in [0.29, 0.717) is 0 Å². The number of amides is 1. The third-order valence-electron chi connectivity index (χ3n) is 5.01. The van der Waals surface area contributed by atoms with Crippen molar-refractivity contribution in [3.63, 3.8) is 0 Å². The van der Waals surface area contributed by atoms with Gasteiger partial charge in [-0.15, -0.1) is 0 Å². The first-order valence-corrected chi connectivity index (χ1v) is 11.7. The van der Waals surface area contributed by atoms with Gasteiger partial charge in [-0.3, -0.25) is 9.10 Å². The van der Waals surface area contributed by atoms with Crippen LogP contribution in [-0.4, -0.2) is 20.9 Å². The molecular weight excluding hydrogens is 432 g/mol. The zero-order valence-corrected chi connectivity index (χ0v) is 19.2. The first-order chi connectivity index (χ1) is 14.7. The smallest absolute Gasteiger partial charge is 0.264 e. The van der Waals surface area contributed by atoms with Gasteiger partial charge >= 0.3 is 0 Å². The minimum absolute atomic E-state index is 0.0881. The molecule has 0 radical (unpaired) electrons. The number of aryl methyl sites for hydroxylation is 2. The lowest BCUT2D eigenvalue weighted by atomic mass is 10.0. The fourth-order valence-electron chi connectivity index (χ4n) is 3.48. The Hall–Kier alpha value is -2.83. The number of sulfonamides is 1. The third-order valence-corrected chi connectivity index (χ3v) is 7.10. The average Bonchev–Trinajstić information content (AvgIpc) is 2.73. The largest absolute Gasteiger partial charge is 0.348 e. The molecule has 3 aromatic carbocycles. The summed E-state index contributed by atoms with van der Waals surface area (Å²) in [7, 11) is -4.00. The van der Waals surface area contributed by atoms with Gasteiger partial charge in [0.25, 0.3) is 10.0 Å². The summed E-state index contributed by atoms with van der Waals surface area (Å²) in [6.45, 7) is 5.48. The Labute approximate surface area is 188 Å². The molecule has 0 saturated heterocycles. The molecular formula is C24H25ClN2O3S. The zero-order chi connectivity index (χ0) is 22.6. The van der Waals surface area contributed by atoms with Crippen LogP contribution in [0.2, 0.25) is 5.02 Å². The van der Waals surface area contributed by atoms with Crippen LogP contribution in [0, 0.1) is 13.8 Å². The van der Waals surface area contributed by atoms with Crippen LogP contribution in [0.25, 0.3) is 0 Å². The lowest BCUT2D eigenvalue weighted by molar-refractivity contribution is -0.120. The summed E-state index contributed by atoms with van der Waals surface area (Å²) >= 11 is 6.30. The first kappa shape index (κ1) is 22.8. The second-order valence-corrected chi connectivity index (χ2v) is 9.69. The number of carbonyl (C=O) groups excluding carboxylic acids is 1. The van der Waals surface area contributed by atoms with Crippen LogP contribution in [0.1, 0.15) is 29.7 Å². The van der Waals surface area contributed by atoms with Gasteiger partial charge in [0.1, 0.15) is 6.54 Å². The predicted molar refractivity (Wildman–Crippen MR) is 125 cm³/mol. The van der Waals surface area contributed by atoms with Gasteiger partial charge in [0.05, 0.1) is 21.6 Å². The molecule has 5 nitrogen and oxygen atoms in total. The number of benzene rings is 3. The number of carbonyl (C=O) groups is 1. The summed E-state index contributed by atoms with van der Waals surface area (Å²) in [6, 6.07) is 20.3. The number of hydrogen-bond acceptors (Lipinski definition) is 3. The number of hydrogen-bond donors (Lipinski definition) is 1. The highest BCUT2D eigenvalue weighted by atomic mass is 35.5. The average molecular weight is 457 g/mol. The van der Waals surface area contributed by atoms with E-state index >= 15 is 0 Å². The maximum Gasteiger partial charge on any atom is 0.264 e. The molecule has 0 aliphatic carbocycles. The van der Waals surface area contributed by atoms with Gasteiger partial charge in [0.15, 0.2) is 0 Å². The normalized spacial score (nSPS) is 12.3. The zero-order valence-electron chi connectivity index (χ0n) is 17.7. The van der Waals surface area contributed by atoms with Crippen molar-refractivity contribution < 1.29 is 13.2 Å². The highest BCUT2D eigenvalue weighted by Gasteiger charge is 2.29. The third kappa shape index (κ3) is 5.27. The highest BCUT2D eigenvalue weighted by molar-refractivity contribution is 7.92. The molecule has 162 valence electrons. The topological polar surface area (TPSA) is 66.5 Å². The van der Waals surface area contributed by atoms with E-state index in [4.69, 9.17) is 11.6 Å². The minimum atomic E-state index is -4.00. The van der Waals surface area contributed by atoms with Crippen molar-refractivity contribution in [3.8, 4) is 0 Å². The van der Waals surface area contributed by atoms with Crippen LogP contribution in [0.5, 0.6) is 0 Å². The Morgan fingerprint density at radius 3 is 2.29 bits per heavy atom. The molecule has 3 aromatic rings. The second-order valence-electron chi connectivity index (χ2n) is 7.43. The van der Waals surface area contributed by atoms with E-state index in [-0.39, 0.29) is 21.6 Å². The molecule has 0 saturated carbocycles. The monoisotopic (exact) mass is 456 g/mol. The Balaban J connectivity index is 1.90. The fourth-order valence-corrected chi connectivity index (χ4v) is 5.23. The van der Waals surface area contributed by atoms with E-state index in [1.54, 1.807) is 42.5 Å². The molecule has 0 bridgehead atoms. The van der Waals surface area contributed by atoms with Crippen LogP contribution in [0.4, 0.5) is 5.69 Å². The molecule has 0 unspecified atom stereocenters. The molecule has 0 spiro atoms. The van der Waals surface area contributed by atoms with Gasteiger partial charge in [0.2, 0.25) is 5.91 Å². The molecule has 3 rings (SSSR count). The SMILES string of the molecule is Cc1ccc([C@H](C)NC(=O)CN(c2ccccc2Cl)S(=O)(=O)c2ccccc2)c(C)c1. The van der Waals surface area contributed by atoms with Crippen LogP contribution < -0.4 is 9.62 Å². The van der Waals surface area contributed by atoms with Gasteiger partial charge in [-0.25, -0.2) is 8.42 Å². The van der Waals surface area contributed by atoms with Gasteiger partial charge in [-0.1, -0.05) is 65.7 Å². The fraction of sp³-hybridized carbons (Fsp3) is 0.208. The number of nitrogens with one attached hydrogen (secondary N) is 1. The number of rotatable bonds is 7. The van der Waals surface area contributed by atoms with Gasteiger partial charge in [-0.05, 0) is 56.2 Å². The molecule has 0 heterocycles. The maximum atomic E-state index is 13.4. The number of anilines is 1. The number of nitrogens with zero attached hydrogens (tertiary/aromatic N) is 1. The van der Waals surface area contributed by atoms with Gasteiger partial charge in [0, 0.05) is 0 Å². The highest BCUT2D eigenvalue weighted by Crippen LogP contribution is 2.30. The Morgan fingerprint density at radius 2 is 1.65 bits per heavy atom. The van der Waals surface area contributed by atoms with Crippen LogP contribution in [0.15, 0.2) is 77.7 Å². The molecule has 1 N–H and O–H groups in total. The Kier molecular flexibility index (Phi) is 7.03. The van der Waals surface area contributed by atoms with Crippen molar-refractivity contribution in [3.05, 3.63) is 94.5 Å². The molecule has 0 aliphatic heterocycles. The van der Waals surface area contributed by atoms with Gasteiger partial charge < -0.3 is 5.32 Å². The minimum Gasteiger partial charge on any atom is -0.348 e. The standard InChI is InChI=1S/C24H25ClN2O3S/c1-17-13-14-21(18(2)15-17)19(3)26-24(28)16-27(23-12-8-7-11-22(23)25)31(29,30)20-9-5-4-6-10-20/h4-15,19H,16H2,1-3H3,(H,26,28)/t19-/m0/s1. The van der Waals surface area contributed by atoms with Crippen molar-refractivity contribution >= 4 is 33.2 Å². The molecule has 1 atom stereocenters. The van der Waals surface area contributed by atoms with Crippen LogP contribution in [-0.2, 0) is 14.8 Å². The van der Waals surface area contributed by atoms with Gasteiger partial charge in [-0.2, -0.15) is 0 Å². The molecule has 0 aliphatic rings. The van der Waals surface area contributed by atoms with Crippen molar-refractivity contribution in [1.29, 1.82) is 0 Å². The second kappa shape index (κ2) is 9.54. The quantitative estimate of drug-likeness (QED) is 0.542. The van der Waals surface area contributed by atoms with Crippen molar-refractivity contribution in [1.82, 2.24) is 5.32 Å². The summed E-state index contributed by atoms with van der Waals surface area (Å²) in [6.07, 6.45) is 0. The van der Waals surface area contributed by atoms with Crippen LogP contribution in [0.3, 0.4) is 0 Å². The Bertz CT molecular complexity index is 1180. The van der Waals surface area contributed by atoms with Crippen molar-refractivity contribution in [2.45, 2.75) is 31.7 Å². The summed E-state index contributed by atoms with van der Waals surface area (Å²) < 4.78 is 27.8. The summed E-state index contributed by atoms with van der Waals surface area (Å²) in [5.41, 5.74) is 3.43. The van der Waals surface area contributed by atoms with Crippen molar-refractivity contribution in [2.24, 2.45) is 0 Å². The lowest BCUT2D eigenvalue weighted by Crippen LogP contribution is -2.41. The molecule has 1 amide bonds. The predicted octanol–water partition coefficient (Wildman–Crippen LogP) is 5.03. The Morgan fingerprint density at radius 1 is 1.00 bits per heavy atom.